The zero-order valence-corrected chi connectivity index (χ0v) is 20.1. The van der Waals surface area contributed by atoms with E-state index in [2.05, 4.69) is 84.6 Å². The molecule has 1 unspecified atom stereocenters. The van der Waals surface area contributed by atoms with Crippen molar-refractivity contribution in [3.8, 4) is 0 Å². The van der Waals surface area contributed by atoms with Crippen LogP contribution >= 0.6 is 12.8 Å². The molecule has 1 aromatic carbocycles. The van der Waals surface area contributed by atoms with Gasteiger partial charge in [0.25, 0.3) is 0 Å². The van der Waals surface area contributed by atoms with Crippen molar-refractivity contribution in [3.63, 3.8) is 0 Å². The lowest BCUT2D eigenvalue weighted by Crippen LogP contribution is -2.26. The number of hydrogen-bond acceptors (Lipinski definition) is 4. The van der Waals surface area contributed by atoms with E-state index in [-0.39, 0.29) is 0 Å². The van der Waals surface area contributed by atoms with Crippen molar-refractivity contribution in [1.82, 2.24) is 9.62 Å². The van der Waals surface area contributed by atoms with Crippen LogP contribution in [-0.2, 0) is 12.8 Å². The molecule has 0 radical (unpaired) electrons. The van der Waals surface area contributed by atoms with Crippen LogP contribution in [0.3, 0.4) is 0 Å². The van der Waals surface area contributed by atoms with Crippen molar-refractivity contribution in [1.29, 1.82) is 0 Å². The lowest BCUT2D eigenvalue weighted by molar-refractivity contribution is 0.388. The number of aliphatic imine (C=N–C) groups is 1. The fraction of sp³-hybridized carbons (Fsp3) is 0.577. The zero-order valence-electron chi connectivity index (χ0n) is 19.2. The summed E-state index contributed by atoms with van der Waals surface area (Å²) in [7, 11) is 0. The Balaban J connectivity index is 1.63. The van der Waals surface area contributed by atoms with Gasteiger partial charge in [-0.25, -0.2) is 0 Å². The van der Waals surface area contributed by atoms with E-state index in [1.54, 1.807) is 5.56 Å². The molecule has 0 heterocycles. The van der Waals surface area contributed by atoms with Gasteiger partial charge in [-0.1, -0.05) is 56.9 Å². The first kappa shape index (κ1) is 24.7. The van der Waals surface area contributed by atoms with Crippen molar-refractivity contribution >= 4 is 19.0 Å². The van der Waals surface area contributed by atoms with Crippen LogP contribution in [0, 0.1) is 5.92 Å². The molecule has 0 saturated carbocycles. The van der Waals surface area contributed by atoms with Crippen LogP contribution in [0.1, 0.15) is 69.6 Å². The van der Waals surface area contributed by atoms with E-state index in [9.17, 15) is 0 Å². The number of fused-ring (bicyclic) bond motifs is 1. The van der Waals surface area contributed by atoms with Crippen LogP contribution in [-0.4, -0.2) is 36.7 Å². The number of rotatable bonds is 13. The van der Waals surface area contributed by atoms with Gasteiger partial charge in [0.05, 0.1) is 0 Å². The van der Waals surface area contributed by atoms with Gasteiger partial charge in [-0.15, -0.1) is 0 Å². The van der Waals surface area contributed by atoms with Crippen LogP contribution in [0.25, 0.3) is 0 Å². The van der Waals surface area contributed by atoms with Gasteiger partial charge >= 0.3 is 0 Å². The molecule has 30 heavy (non-hydrogen) atoms. The molecule has 1 aliphatic carbocycles. The molecule has 1 aliphatic rings. The summed E-state index contributed by atoms with van der Waals surface area (Å²) < 4.78 is 2.15. The molecule has 0 amide bonds. The lowest BCUT2D eigenvalue weighted by atomic mass is 9.81. The molecule has 1 N–H and O–H groups in total. The number of aryl methyl sites for hydroxylation is 1. The maximum absolute atomic E-state index is 4.65. The molecule has 2 rings (SSSR count). The summed E-state index contributed by atoms with van der Waals surface area (Å²) in [4.78, 5) is 4.37. The predicted molar refractivity (Wildman–Crippen MR) is 136 cm³/mol. The minimum Gasteiger partial charge on any atom is -0.384 e. The van der Waals surface area contributed by atoms with E-state index in [1.807, 2.05) is 6.21 Å². The average molecular weight is 428 g/mol. The Morgan fingerprint density at radius 3 is 2.87 bits per heavy atom. The summed E-state index contributed by atoms with van der Waals surface area (Å²) in [6, 6.07) is 6.90. The highest BCUT2D eigenvalue weighted by Gasteiger charge is 2.18. The van der Waals surface area contributed by atoms with E-state index in [0.717, 1.165) is 38.5 Å². The second kappa shape index (κ2) is 14.5. The smallest absolute Gasteiger partial charge is 0.0361 e. The summed E-state index contributed by atoms with van der Waals surface area (Å²) in [5.74, 6) is 0.838. The first-order valence-corrected chi connectivity index (χ1v) is 12.2. The summed E-state index contributed by atoms with van der Waals surface area (Å²) in [5, 5.41) is 3.49. The Bertz CT molecular complexity index is 708. The highest BCUT2D eigenvalue weighted by atomic mass is 32.1. The molecule has 0 aromatic heterocycles. The van der Waals surface area contributed by atoms with E-state index in [1.165, 1.54) is 55.3 Å². The third-order valence-corrected chi connectivity index (χ3v) is 6.13. The van der Waals surface area contributed by atoms with Gasteiger partial charge < -0.3 is 5.32 Å². The van der Waals surface area contributed by atoms with Crippen LogP contribution < -0.4 is 5.32 Å². The van der Waals surface area contributed by atoms with Crippen LogP contribution in [0.2, 0.25) is 0 Å². The number of thiol groups is 1. The second-order valence-electron chi connectivity index (χ2n) is 8.21. The van der Waals surface area contributed by atoms with Gasteiger partial charge in [-0.3, -0.25) is 9.30 Å². The lowest BCUT2D eigenvalue weighted by Gasteiger charge is -2.25. The largest absolute Gasteiger partial charge is 0.384 e. The number of unbranched alkanes of at least 4 members (excludes halogenated alkanes) is 1. The van der Waals surface area contributed by atoms with Crippen LogP contribution in [0.4, 0.5) is 0 Å². The molecule has 0 fully saturated rings. The SMILES string of the molecule is C/C=C\C(=C/CC)NCCN(S)CCCCC1CCc2cc(/C=N/CC)ccc2C1. The molecule has 0 bridgehead atoms. The minimum absolute atomic E-state index is 0.838. The molecular weight excluding hydrogens is 386 g/mol. The normalized spacial score (nSPS) is 17.2. The van der Waals surface area contributed by atoms with Gasteiger partial charge in [0, 0.05) is 38.1 Å². The van der Waals surface area contributed by atoms with Crippen molar-refractivity contribution in [2.75, 3.05) is 26.2 Å². The van der Waals surface area contributed by atoms with Gasteiger partial charge in [-0.05, 0) is 80.7 Å². The molecule has 0 saturated heterocycles. The Morgan fingerprint density at radius 1 is 1.23 bits per heavy atom. The third kappa shape index (κ3) is 9.09. The molecular formula is C26H41N3S. The van der Waals surface area contributed by atoms with Gasteiger partial charge in [0.15, 0.2) is 0 Å². The van der Waals surface area contributed by atoms with Crippen molar-refractivity contribution < 1.29 is 0 Å². The Morgan fingerprint density at radius 2 is 2.10 bits per heavy atom. The molecule has 0 spiro atoms. The highest BCUT2D eigenvalue weighted by molar-refractivity contribution is 7.77. The molecule has 1 atom stereocenters. The van der Waals surface area contributed by atoms with Gasteiger partial charge in [0.1, 0.15) is 0 Å². The van der Waals surface area contributed by atoms with E-state index >= 15 is 0 Å². The fourth-order valence-corrected chi connectivity index (χ4v) is 4.38. The van der Waals surface area contributed by atoms with E-state index in [0.29, 0.717) is 0 Å². The number of nitrogens with zero attached hydrogens (tertiary/aromatic N) is 2. The van der Waals surface area contributed by atoms with Crippen LogP contribution in [0.5, 0.6) is 0 Å². The summed E-state index contributed by atoms with van der Waals surface area (Å²) in [6.45, 7) is 10.1. The Kier molecular flexibility index (Phi) is 11.9. The minimum atomic E-state index is 0.838. The topological polar surface area (TPSA) is 27.6 Å². The van der Waals surface area contributed by atoms with Gasteiger partial charge in [0.2, 0.25) is 0 Å². The Labute approximate surface area is 190 Å². The molecule has 0 aliphatic heterocycles. The zero-order chi connectivity index (χ0) is 21.6. The molecule has 4 heteroatoms. The summed E-state index contributed by atoms with van der Waals surface area (Å²) >= 11 is 4.65. The summed E-state index contributed by atoms with van der Waals surface area (Å²) in [5.41, 5.74) is 5.55. The fourth-order valence-electron chi connectivity index (χ4n) is 4.14. The number of nitrogens with one attached hydrogen (secondary N) is 1. The second-order valence-corrected chi connectivity index (χ2v) is 8.77. The van der Waals surface area contributed by atoms with Crippen molar-refractivity contribution in [2.45, 2.75) is 65.7 Å². The maximum atomic E-state index is 4.65. The first-order chi connectivity index (χ1) is 14.7. The third-order valence-electron chi connectivity index (χ3n) is 5.73. The van der Waals surface area contributed by atoms with Crippen molar-refractivity contribution in [2.24, 2.45) is 10.9 Å². The molecule has 3 nitrogen and oxygen atoms in total. The quantitative estimate of drug-likeness (QED) is 0.175. The predicted octanol–water partition coefficient (Wildman–Crippen LogP) is 6.01. The first-order valence-electron chi connectivity index (χ1n) is 11.8. The Hall–Kier alpha value is -1.52. The number of hydrogen-bond donors (Lipinski definition) is 2. The number of allylic oxidation sites excluding steroid dienone is 3. The summed E-state index contributed by atoms with van der Waals surface area (Å²) in [6.07, 6.45) is 17.1. The molecule has 1 aromatic rings. The number of benzene rings is 1. The standard InChI is InChI=1S/C26H41N3S/c1-4-9-26(10-5-2)28-16-18-29(30)17-8-7-11-22-12-14-25-20-23(21-27-6-3)13-15-24(25)19-22/h4,9-10,13,15,20-22,28,30H,5-8,11-12,14,16-19H2,1-3H3/b9-4-,26-10+,27-21+. The maximum Gasteiger partial charge on any atom is 0.0361 e. The van der Waals surface area contributed by atoms with E-state index < -0.39 is 0 Å². The monoisotopic (exact) mass is 427 g/mol. The van der Waals surface area contributed by atoms with Crippen molar-refractivity contribution in [3.05, 3.63) is 58.8 Å². The molecule has 166 valence electrons. The van der Waals surface area contributed by atoms with E-state index in [4.69, 9.17) is 0 Å². The highest BCUT2D eigenvalue weighted by Crippen LogP contribution is 2.29. The average Bonchev–Trinajstić information content (AvgIpc) is 2.75. The van der Waals surface area contributed by atoms with Crippen LogP contribution in [0.15, 0.2) is 47.1 Å². The van der Waals surface area contributed by atoms with Gasteiger partial charge in [-0.2, -0.15) is 0 Å².